The van der Waals surface area contributed by atoms with Crippen molar-refractivity contribution in [3.8, 4) is 0 Å². The maximum absolute atomic E-state index is 12.6. The number of amides is 2. The van der Waals surface area contributed by atoms with Crippen LogP contribution in [-0.2, 0) is 14.3 Å². The minimum atomic E-state index is -0.897. The van der Waals surface area contributed by atoms with Gasteiger partial charge in [-0.15, -0.1) is 0 Å². The molecule has 1 aliphatic rings. The molecular weight excluding hydrogens is 378 g/mol. The zero-order valence-electron chi connectivity index (χ0n) is 15.2. The predicted octanol–water partition coefficient (Wildman–Crippen LogP) is 2.80. The summed E-state index contributed by atoms with van der Waals surface area (Å²) in [5, 5.41) is 13.8. The molecule has 0 saturated heterocycles. The molecule has 2 rings (SSSR count). The van der Waals surface area contributed by atoms with Crippen molar-refractivity contribution < 1.29 is 24.0 Å². The van der Waals surface area contributed by atoms with Gasteiger partial charge in [-0.1, -0.05) is 17.7 Å². The molecule has 1 unspecified atom stereocenters. The summed E-state index contributed by atoms with van der Waals surface area (Å²) in [5.41, 5.74) is 0.639. The van der Waals surface area contributed by atoms with Crippen LogP contribution in [0.2, 0.25) is 5.02 Å². The number of methoxy groups -OCH3 is 1. The van der Waals surface area contributed by atoms with Crippen LogP contribution in [0.4, 0.5) is 10.5 Å². The Morgan fingerprint density at radius 1 is 1.44 bits per heavy atom. The number of benzene rings is 1. The van der Waals surface area contributed by atoms with Gasteiger partial charge in [-0.25, -0.2) is 9.59 Å². The van der Waals surface area contributed by atoms with Crippen molar-refractivity contribution in [2.24, 2.45) is 0 Å². The highest BCUT2D eigenvalue weighted by Crippen LogP contribution is 2.35. The standard InChI is InChI=1S/C17H20ClN3O6/c1-4-27-16(22)14-10(2)20(7-8-26-3)17(23)19-15(14)11-5-6-12(18)13(9-11)21(24)25/h5-6,9,15H,4,7-8H2,1-3H3,(H,19,23). The van der Waals surface area contributed by atoms with Gasteiger partial charge in [-0.05, 0) is 25.5 Å². The number of rotatable bonds is 7. The lowest BCUT2D eigenvalue weighted by Gasteiger charge is -2.35. The highest BCUT2D eigenvalue weighted by molar-refractivity contribution is 6.32. The van der Waals surface area contributed by atoms with Crippen LogP contribution >= 0.6 is 11.6 Å². The Kier molecular flexibility index (Phi) is 6.75. The highest BCUT2D eigenvalue weighted by atomic mass is 35.5. The average Bonchev–Trinajstić information content (AvgIpc) is 2.61. The third-order valence-corrected chi connectivity index (χ3v) is 4.43. The largest absolute Gasteiger partial charge is 0.463 e. The molecule has 0 saturated carbocycles. The molecule has 9 nitrogen and oxygen atoms in total. The number of esters is 1. The zero-order valence-corrected chi connectivity index (χ0v) is 15.9. The Morgan fingerprint density at radius 3 is 2.74 bits per heavy atom. The van der Waals surface area contributed by atoms with Crippen molar-refractivity contribution in [2.75, 3.05) is 26.9 Å². The number of hydrogen-bond acceptors (Lipinski definition) is 6. The maximum atomic E-state index is 12.6. The summed E-state index contributed by atoms with van der Waals surface area (Å²) in [4.78, 5) is 37.0. The molecule has 1 N–H and O–H groups in total. The molecule has 0 radical (unpaired) electrons. The van der Waals surface area contributed by atoms with Gasteiger partial charge in [-0.2, -0.15) is 0 Å². The molecular formula is C17H20ClN3O6. The summed E-state index contributed by atoms with van der Waals surface area (Å²) < 4.78 is 10.1. The first kappa shape index (κ1) is 20.7. The second-order valence-corrected chi connectivity index (χ2v) is 6.12. The lowest BCUT2D eigenvalue weighted by atomic mass is 9.94. The fourth-order valence-corrected chi connectivity index (χ4v) is 2.99. The number of nitro groups is 1. The highest BCUT2D eigenvalue weighted by Gasteiger charge is 2.37. The van der Waals surface area contributed by atoms with Gasteiger partial charge in [0.05, 0.1) is 36.3 Å². The second-order valence-electron chi connectivity index (χ2n) is 5.71. The van der Waals surface area contributed by atoms with E-state index in [1.54, 1.807) is 13.8 Å². The number of allylic oxidation sites excluding steroid dienone is 1. The van der Waals surface area contributed by atoms with Gasteiger partial charge in [0.1, 0.15) is 5.02 Å². The number of nitro benzene ring substituents is 1. The van der Waals surface area contributed by atoms with Gasteiger partial charge in [0.25, 0.3) is 5.69 Å². The van der Waals surface area contributed by atoms with E-state index in [2.05, 4.69) is 5.32 Å². The Hall–Kier alpha value is -2.65. The topological polar surface area (TPSA) is 111 Å². The van der Waals surface area contributed by atoms with Crippen LogP contribution in [0.15, 0.2) is 29.5 Å². The monoisotopic (exact) mass is 397 g/mol. The van der Waals surface area contributed by atoms with Crippen LogP contribution in [0.25, 0.3) is 0 Å². The fourth-order valence-electron chi connectivity index (χ4n) is 2.81. The van der Waals surface area contributed by atoms with Crippen LogP contribution in [-0.4, -0.2) is 48.7 Å². The third-order valence-electron chi connectivity index (χ3n) is 4.11. The molecule has 1 atom stereocenters. The third kappa shape index (κ3) is 4.37. The van der Waals surface area contributed by atoms with E-state index in [0.29, 0.717) is 11.3 Å². The molecule has 0 aliphatic carbocycles. The SMILES string of the molecule is CCOC(=O)C1=C(C)N(CCOC)C(=O)NC1c1ccc(Cl)c([N+](=O)[O-])c1. The second kappa shape index (κ2) is 8.83. The fraction of sp³-hybridized carbons (Fsp3) is 0.412. The Labute approximate surface area is 161 Å². The van der Waals surface area contributed by atoms with Gasteiger partial charge >= 0.3 is 12.0 Å². The van der Waals surface area contributed by atoms with Gasteiger partial charge in [0.2, 0.25) is 0 Å². The van der Waals surface area contributed by atoms with E-state index in [0.717, 1.165) is 0 Å². The summed E-state index contributed by atoms with van der Waals surface area (Å²) in [6, 6.07) is 2.78. The van der Waals surface area contributed by atoms with Crippen molar-refractivity contribution in [3.05, 3.63) is 50.2 Å². The minimum absolute atomic E-state index is 0.0361. The summed E-state index contributed by atoms with van der Waals surface area (Å²) in [6.45, 7) is 3.95. The molecule has 146 valence electrons. The number of nitrogens with zero attached hydrogens (tertiary/aromatic N) is 2. The molecule has 0 spiro atoms. The number of halogens is 1. The predicted molar refractivity (Wildman–Crippen MR) is 97.3 cm³/mol. The quantitative estimate of drug-likeness (QED) is 0.430. The van der Waals surface area contributed by atoms with Crippen LogP contribution in [0.3, 0.4) is 0 Å². The first-order valence-corrected chi connectivity index (χ1v) is 8.58. The van der Waals surface area contributed by atoms with E-state index in [4.69, 9.17) is 21.1 Å². The van der Waals surface area contributed by atoms with Crippen LogP contribution < -0.4 is 5.32 Å². The average molecular weight is 398 g/mol. The first-order chi connectivity index (χ1) is 12.8. The van der Waals surface area contributed by atoms with Crippen LogP contribution in [0, 0.1) is 10.1 Å². The molecule has 1 aromatic rings. The Balaban J connectivity index is 2.55. The number of carbonyl (C=O) groups is 2. The summed E-state index contributed by atoms with van der Waals surface area (Å²) >= 11 is 5.86. The van der Waals surface area contributed by atoms with Crippen molar-refractivity contribution in [1.82, 2.24) is 10.2 Å². The van der Waals surface area contributed by atoms with E-state index in [9.17, 15) is 19.7 Å². The number of hydrogen-bond donors (Lipinski definition) is 1. The van der Waals surface area contributed by atoms with Crippen molar-refractivity contribution >= 4 is 29.3 Å². The molecule has 27 heavy (non-hydrogen) atoms. The van der Waals surface area contributed by atoms with E-state index in [1.807, 2.05) is 0 Å². The number of nitrogens with one attached hydrogen (secondary N) is 1. The van der Waals surface area contributed by atoms with Gasteiger partial charge < -0.3 is 14.8 Å². The molecule has 1 aliphatic heterocycles. The normalized spacial score (nSPS) is 17.0. The zero-order chi connectivity index (χ0) is 20.1. The van der Waals surface area contributed by atoms with E-state index in [-0.39, 0.29) is 36.0 Å². The van der Waals surface area contributed by atoms with Gasteiger partial charge in [0.15, 0.2) is 0 Å². The summed E-state index contributed by atoms with van der Waals surface area (Å²) in [7, 11) is 1.50. The molecule has 2 amide bonds. The van der Waals surface area contributed by atoms with Gasteiger partial charge in [0, 0.05) is 18.9 Å². The van der Waals surface area contributed by atoms with E-state index < -0.39 is 23.0 Å². The minimum Gasteiger partial charge on any atom is -0.463 e. The van der Waals surface area contributed by atoms with Crippen molar-refractivity contribution in [2.45, 2.75) is 19.9 Å². The van der Waals surface area contributed by atoms with Gasteiger partial charge in [-0.3, -0.25) is 15.0 Å². The molecule has 0 bridgehead atoms. The first-order valence-electron chi connectivity index (χ1n) is 8.20. The molecule has 1 heterocycles. The molecule has 0 fully saturated rings. The summed E-state index contributed by atoms with van der Waals surface area (Å²) in [6.07, 6.45) is 0. The molecule has 10 heteroatoms. The lowest BCUT2D eigenvalue weighted by Crippen LogP contribution is -2.49. The smallest absolute Gasteiger partial charge is 0.338 e. The van der Waals surface area contributed by atoms with Crippen molar-refractivity contribution in [1.29, 1.82) is 0 Å². The number of ether oxygens (including phenoxy) is 2. The Morgan fingerprint density at radius 2 is 2.15 bits per heavy atom. The molecule has 0 aromatic heterocycles. The maximum Gasteiger partial charge on any atom is 0.338 e. The molecule has 1 aromatic carbocycles. The van der Waals surface area contributed by atoms with Crippen molar-refractivity contribution in [3.63, 3.8) is 0 Å². The van der Waals surface area contributed by atoms with Crippen LogP contribution in [0.5, 0.6) is 0 Å². The Bertz CT molecular complexity index is 795. The van der Waals surface area contributed by atoms with Crippen LogP contribution in [0.1, 0.15) is 25.5 Å². The van der Waals surface area contributed by atoms with E-state index >= 15 is 0 Å². The lowest BCUT2D eigenvalue weighted by molar-refractivity contribution is -0.384. The number of carbonyl (C=O) groups excluding carboxylic acids is 2. The summed E-state index contributed by atoms with van der Waals surface area (Å²) in [5.74, 6) is -0.611. The van der Waals surface area contributed by atoms with E-state index in [1.165, 1.54) is 30.2 Å². The number of urea groups is 1.